The van der Waals surface area contributed by atoms with Gasteiger partial charge in [0.05, 0.1) is 52.4 Å². The van der Waals surface area contributed by atoms with Gasteiger partial charge in [0.2, 0.25) is 0 Å². The molecule has 0 saturated carbocycles. The second-order valence-electron chi connectivity index (χ2n) is 3.82. The summed E-state index contributed by atoms with van der Waals surface area (Å²) in [6.45, 7) is 4.85. The maximum atomic E-state index is 9.47. The summed E-state index contributed by atoms with van der Waals surface area (Å²) in [5, 5.41) is 17.9. The predicted octanol–water partition coefficient (Wildman–Crippen LogP) is 0.580. The molecule has 1 unspecified atom stereocenters. The molecule has 0 rings (SSSR count). The number of aliphatic hydroxyl groups is 2. The number of ether oxygens (including phenoxy) is 3. The summed E-state index contributed by atoms with van der Waals surface area (Å²) in [5.41, 5.74) is 0. The molecule has 0 radical (unpaired) electrons. The van der Waals surface area contributed by atoms with Crippen LogP contribution in [0.5, 0.6) is 0 Å². The van der Waals surface area contributed by atoms with E-state index in [0.717, 1.165) is 19.3 Å². The lowest BCUT2D eigenvalue weighted by atomic mass is 10.2. The van der Waals surface area contributed by atoms with Crippen molar-refractivity contribution in [1.82, 2.24) is 0 Å². The Labute approximate surface area is 104 Å². The molecule has 0 bridgehead atoms. The van der Waals surface area contributed by atoms with E-state index in [1.54, 1.807) is 0 Å². The summed E-state index contributed by atoms with van der Waals surface area (Å²) in [5.74, 6) is 0. The molecule has 0 aliphatic rings. The summed E-state index contributed by atoms with van der Waals surface area (Å²) in [6, 6.07) is 0. The molecular weight excluding hydrogens is 224 g/mol. The summed E-state index contributed by atoms with van der Waals surface area (Å²) in [6.07, 6.45) is 2.56. The number of hydrogen-bond donors (Lipinski definition) is 2. The van der Waals surface area contributed by atoms with Crippen LogP contribution in [-0.2, 0) is 14.2 Å². The fourth-order valence-electron chi connectivity index (χ4n) is 1.25. The molecule has 2 N–H and O–H groups in total. The van der Waals surface area contributed by atoms with E-state index < -0.39 is 0 Å². The third-order valence-electron chi connectivity index (χ3n) is 2.18. The van der Waals surface area contributed by atoms with Crippen LogP contribution < -0.4 is 0 Å². The molecule has 0 fully saturated rings. The van der Waals surface area contributed by atoms with Gasteiger partial charge in [-0.2, -0.15) is 0 Å². The molecule has 0 aliphatic heterocycles. The van der Waals surface area contributed by atoms with Crippen molar-refractivity contribution in [2.24, 2.45) is 0 Å². The van der Waals surface area contributed by atoms with Crippen molar-refractivity contribution < 1.29 is 24.4 Å². The minimum atomic E-state index is -0.358. The number of hydrogen-bond acceptors (Lipinski definition) is 5. The van der Waals surface area contributed by atoms with Crippen molar-refractivity contribution in [3.63, 3.8) is 0 Å². The summed E-state index contributed by atoms with van der Waals surface area (Å²) >= 11 is 0. The largest absolute Gasteiger partial charge is 0.394 e. The molecule has 0 spiro atoms. The van der Waals surface area contributed by atoms with Crippen LogP contribution in [-0.4, -0.2) is 62.6 Å². The molecule has 104 valence electrons. The van der Waals surface area contributed by atoms with E-state index in [0.29, 0.717) is 39.6 Å². The van der Waals surface area contributed by atoms with Crippen LogP contribution in [0.25, 0.3) is 0 Å². The minimum Gasteiger partial charge on any atom is -0.394 e. The SMILES string of the molecule is CCCCC(O)COCCOCCOCCO. The van der Waals surface area contributed by atoms with Gasteiger partial charge < -0.3 is 24.4 Å². The van der Waals surface area contributed by atoms with Crippen LogP contribution in [0.4, 0.5) is 0 Å². The van der Waals surface area contributed by atoms with E-state index in [1.165, 1.54) is 0 Å². The van der Waals surface area contributed by atoms with Crippen molar-refractivity contribution in [2.45, 2.75) is 32.3 Å². The van der Waals surface area contributed by atoms with Crippen LogP contribution >= 0.6 is 0 Å². The Bertz CT molecular complexity index is 143. The first-order chi connectivity index (χ1) is 8.31. The highest BCUT2D eigenvalue weighted by atomic mass is 16.5. The van der Waals surface area contributed by atoms with Gasteiger partial charge in [-0.3, -0.25) is 0 Å². The van der Waals surface area contributed by atoms with Gasteiger partial charge in [0.25, 0.3) is 0 Å². The van der Waals surface area contributed by atoms with Crippen molar-refractivity contribution in [3.8, 4) is 0 Å². The van der Waals surface area contributed by atoms with Crippen molar-refractivity contribution in [1.29, 1.82) is 0 Å². The Morgan fingerprint density at radius 1 is 0.941 bits per heavy atom. The van der Waals surface area contributed by atoms with Gasteiger partial charge in [-0.15, -0.1) is 0 Å². The van der Waals surface area contributed by atoms with Gasteiger partial charge in [0.15, 0.2) is 0 Å². The quantitative estimate of drug-likeness (QED) is 0.468. The first-order valence-electron chi connectivity index (χ1n) is 6.33. The third kappa shape index (κ3) is 13.7. The smallest absolute Gasteiger partial charge is 0.0773 e. The Kier molecular flexibility index (Phi) is 13.7. The molecule has 0 aromatic rings. The van der Waals surface area contributed by atoms with Gasteiger partial charge in [-0.25, -0.2) is 0 Å². The van der Waals surface area contributed by atoms with Gasteiger partial charge >= 0.3 is 0 Å². The lowest BCUT2D eigenvalue weighted by molar-refractivity contribution is -0.0143. The molecule has 0 aromatic carbocycles. The van der Waals surface area contributed by atoms with Crippen LogP contribution in [0, 0.1) is 0 Å². The highest BCUT2D eigenvalue weighted by Gasteiger charge is 2.02. The molecule has 0 heterocycles. The number of unbranched alkanes of at least 4 members (excludes halogenated alkanes) is 1. The zero-order valence-corrected chi connectivity index (χ0v) is 10.8. The van der Waals surface area contributed by atoms with Crippen LogP contribution in [0.2, 0.25) is 0 Å². The van der Waals surface area contributed by atoms with Crippen LogP contribution in [0.15, 0.2) is 0 Å². The van der Waals surface area contributed by atoms with Gasteiger partial charge in [-0.05, 0) is 6.42 Å². The lowest BCUT2D eigenvalue weighted by Crippen LogP contribution is -2.17. The average Bonchev–Trinajstić information content (AvgIpc) is 2.34. The van der Waals surface area contributed by atoms with Crippen molar-refractivity contribution in [3.05, 3.63) is 0 Å². The molecule has 0 saturated heterocycles. The second-order valence-corrected chi connectivity index (χ2v) is 3.82. The van der Waals surface area contributed by atoms with E-state index in [2.05, 4.69) is 6.92 Å². The van der Waals surface area contributed by atoms with Crippen LogP contribution in [0.3, 0.4) is 0 Å². The Balaban J connectivity index is 3.02. The fraction of sp³-hybridized carbons (Fsp3) is 1.00. The molecule has 5 nitrogen and oxygen atoms in total. The van der Waals surface area contributed by atoms with Crippen molar-refractivity contribution >= 4 is 0 Å². The standard InChI is InChI=1S/C12H26O5/c1-2-3-4-12(14)11-17-10-9-16-8-7-15-6-5-13/h12-14H,2-11H2,1H3. The Morgan fingerprint density at radius 2 is 1.53 bits per heavy atom. The Hall–Kier alpha value is -0.200. The molecular formula is C12H26O5. The summed E-state index contributed by atoms with van der Waals surface area (Å²) in [7, 11) is 0. The summed E-state index contributed by atoms with van der Waals surface area (Å²) < 4.78 is 15.5. The average molecular weight is 250 g/mol. The topological polar surface area (TPSA) is 68.2 Å². The number of rotatable bonds is 13. The van der Waals surface area contributed by atoms with Gasteiger partial charge in [0.1, 0.15) is 0 Å². The Morgan fingerprint density at radius 3 is 2.12 bits per heavy atom. The molecule has 0 aromatic heterocycles. The molecule has 17 heavy (non-hydrogen) atoms. The van der Waals surface area contributed by atoms with E-state index in [1.807, 2.05) is 0 Å². The van der Waals surface area contributed by atoms with E-state index in [9.17, 15) is 5.11 Å². The monoisotopic (exact) mass is 250 g/mol. The molecule has 0 amide bonds. The molecule has 0 aliphatic carbocycles. The molecule has 1 atom stereocenters. The van der Waals surface area contributed by atoms with Crippen LogP contribution in [0.1, 0.15) is 26.2 Å². The minimum absolute atomic E-state index is 0.0404. The van der Waals surface area contributed by atoms with E-state index >= 15 is 0 Å². The zero-order valence-electron chi connectivity index (χ0n) is 10.8. The third-order valence-corrected chi connectivity index (χ3v) is 2.18. The lowest BCUT2D eigenvalue weighted by Gasteiger charge is -2.10. The normalized spacial score (nSPS) is 12.9. The first-order valence-corrected chi connectivity index (χ1v) is 6.33. The second kappa shape index (κ2) is 13.9. The van der Waals surface area contributed by atoms with Gasteiger partial charge in [0, 0.05) is 0 Å². The summed E-state index contributed by atoms with van der Waals surface area (Å²) in [4.78, 5) is 0. The molecule has 5 heteroatoms. The zero-order chi connectivity index (χ0) is 12.8. The van der Waals surface area contributed by atoms with E-state index in [-0.39, 0.29) is 12.7 Å². The maximum Gasteiger partial charge on any atom is 0.0773 e. The maximum absolute atomic E-state index is 9.47. The predicted molar refractivity (Wildman–Crippen MR) is 65.1 cm³/mol. The number of aliphatic hydroxyl groups excluding tert-OH is 2. The highest BCUT2D eigenvalue weighted by molar-refractivity contribution is 4.52. The fourth-order valence-corrected chi connectivity index (χ4v) is 1.25. The highest BCUT2D eigenvalue weighted by Crippen LogP contribution is 2.00. The van der Waals surface area contributed by atoms with Gasteiger partial charge in [-0.1, -0.05) is 19.8 Å². The van der Waals surface area contributed by atoms with Crippen molar-refractivity contribution in [2.75, 3.05) is 46.2 Å². The first kappa shape index (κ1) is 16.8. The van der Waals surface area contributed by atoms with E-state index in [4.69, 9.17) is 19.3 Å².